The van der Waals surface area contributed by atoms with Crippen LogP contribution in [0.4, 0.5) is 4.79 Å². The molecule has 2 N–H and O–H groups in total. The maximum absolute atomic E-state index is 11.2. The Bertz CT molecular complexity index is 756. The van der Waals surface area contributed by atoms with Crippen molar-refractivity contribution in [3.8, 4) is 11.5 Å². The van der Waals surface area contributed by atoms with Gasteiger partial charge < -0.3 is 14.2 Å². The van der Waals surface area contributed by atoms with Crippen LogP contribution >= 0.6 is 0 Å². The molecule has 2 rings (SSSR count). The second kappa shape index (κ2) is 5.35. The van der Waals surface area contributed by atoms with E-state index >= 15 is 0 Å². The Labute approximate surface area is 115 Å². The quantitative estimate of drug-likeness (QED) is 0.837. The predicted octanol–water partition coefficient (Wildman–Crippen LogP) is 1.74. The summed E-state index contributed by atoms with van der Waals surface area (Å²) in [6.07, 6.45) is -0.654. The predicted molar refractivity (Wildman–Crippen MR) is 71.2 cm³/mol. The first kappa shape index (κ1) is 14.1. The first-order valence-electron chi connectivity index (χ1n) is 5.49. The number of nitrogens with one attached hydrogen (secondary N) is 1. The molecular weight excluding hydrogens is 286 g/mol. The molecule has 106 valence electrons. The van der Waals surface area contributed by atoms with Gasteiger partial charge in [-0.2, -0.15) is 8.42 Å². The Morgan fingerprint density at radius 3 is 2.20 bits per heavy atom. The summed E-state index contributed by atoms with van der Waals surface area (Å²) in [7, 11) is -3.21. The molecule has 0 bridgehead atoms. The first-order chi connectivity index (χ1) is 9.40. The summed E-state index contributed by atoms with van der Waals surface area (Å²) in [6, 6.07) is 9.21. The molecule has 2 aromatic rings. The van der Waals surface area contributed by atoms with E-state index in [0.29, 0.717) is 10.8 Å². The van der Waals surface area contributed by atoms with Gasteiger partial charge in [-0.05, 0) is 12.1 Å². The van der Waals surface area contributed by atoms with Crippen molar-refractivity contribution in [2.45, 2.75) is 0 Å². The zero-order valence-corrected chi connectivity index (χ0v) is 11.2. The third-order valence-corrected chi connectivity index (χ3v) is 2.84. The highest BCUT2D eigenvalue weighted by Crippen LogP contribution is 2.33. The van der Waals surface area contributed by atoms with Crippen LogP contribution in [0.25, 0.3) is 10.8 Å². The van der Waals surface area contributed by atoms with Crippen LogP contribution in [0.15, 0.2) is 36.4 Å². The lowest BCUT2D eigenvalue weighted by Gasteiger charge is -2.10. The first-order valence-corrected chi connectivity index (χ1v) is 6.85. The van der Waals surface area contributed by atoms with Gasteiger partial charge in [0.15, 0.2) is 5.75 Å². The van der Waals surface area contributed by atoms with Crippen molar-refractivity contribution < 1.29 is 26.7 Å². The fourth-order valence-corrected chi connectivity index (χ4v) is 2.04. The van der Waals surface area contributed by atoms with E-state index in [1.807, 2.05) is 0 Å². The molecule has 0 heterocycles. The smallest absolute Gasteiger partial charge is 0.410 e. The van der Waals surface area contributed by atoms with Gasteiger partial charge in [-0.15, -0.1) is 0 Å². The Morgan fingerprint density at radius 1 is 1.10 bits per heavy atom. The summed E-state index contributed by atoms with van der Waals surface area (Å²) in [6.45, 7) is 0. The molecule has 8 heteroatoms. The normalized spacial score (nSPS) is 11.1. The Morgan fingerprint density at radius 2 is 1.65 bits per heavy atom. The summed E-state index contributed by atoms with van der Waals surface area (Å²) >= 11 is 0. The lowest BCUT2D eigenvalue weighted by molar-refractivity contribution is 0.203. The van der Waals surface area contributed by atoms with Crippen LogP contribution in [0, 0.1) is 0 Å². The zero-order valence-electron chi connectivity index (χ0n) is 10.4. The fraction of sp³-hybridized carbons (Fsp3) is 0.0833. The number of hydrogen-bond acceptors (Lipinski definition) is 5. The molecule has 20 heavy (non-hydrogen) atoms. The van der Waals surface area contributed by atoms with Crippen LogP contribution in [0.1, 0.15) is 0 Å². The maximum Gasteiger partial charge on any atom is 0.446 e. The van der Waals surface area contributed by atoms with Crippen LogP contribution in [0.3, 0.4) is 0 Å². The third-order valence-electron chi connectivity index (χ3n) is 2.45. The zero-order chi connectivity index (χ0) is 14.8. The number of amides is 1. The van der Waals surface area contributed by atoms with E-state index in [4.69, 9.17) is 9.29 Å². The van der Waals surface area contributed by atoms with Gasteiger partial charge in [-0.1, -0.05) is 24.3 Å². The minimum Gasteiger partial charge on any atom is -0.410 e. The van der Waals surface area contributed by atoms with Crippen molar-refractivity contribution in [1.29, 1.82) is 0 Å². The molecule has 0 saturated carbocycles. The van der Waals surface area contributed by atoms with Crippen LogP contribution < -0.4 is 14.2 Å². The van der Waals surface area contributed by atoms with Crippen molar-refractivity contribution in [1.82, 2.24) is 5.32 Å². The Hall–Kier alpha value is -2.32. The van der Waals surface area contributed by atoms with Gasteiger partial charge in [0.05, 0.1) is 0 Å². The summed E-state index contributed by atoms with van der Waals surface area (Å²) < 4.78 is 39.8. The maximum atomic E-state index is 11.2. The molecule has 0 aliphatic rings. The van der Waals surface area contributed by atoms with Crippen molar-refractivity contribution >= 4 is 27.3 Å². The summed E-state index contributed by atoms with van der Waals surface area (Å²) in [5.74, 6) is 0.176. The largest absolute Gasteiger partial charge is 0.446 e. The van der Waals surface area contributed by atoms with Gasteiger partial charge in [-0.25, -0.2) is 4.79 Å². The summed E-state index contributed by atoms with van der Waals surface area (Å²) in [5, 5.41) is 3.15. The number of fused-ring (bicyclic) bond motifs is 1. The van der Waals surface area contributed by atoms with Gasteiger partial charge in [0.2, 0.25) is 0 Å². The SMILES string of the molecule is CNC(=O)Oc1ccc(OS(=O)(=O)O)c2ccccc12. The summed E-state index contributed by atoms with van der Waals surface area (Å²) in [4.78, 5) is 11.2. The number of rotatable bonds is 3. The highest BCUT2D eigenvalue weighted by atomic mass is 32.3. The van der Waals surface area contributed by atoms with Gasteiger partial charge in [0, 0.05) is 17.8 Å². The molecular formula is C12H11NO6S. The molecule has 0 spiro atoms. The molecule has 0 aliphatic heterocycles. The van der Waals surface area contributed by atoms with E-state index in [0.717, 1.165) is 0 Å². The molecule has 0 atom stereocenters. The third kappa shape index (κ3) is 3.16. The van der Waals surface area contributed by atoms with Gasteiger partial charge in [-0.3, -0.25) is 4.55 Å². The van der Waals surface area contributed by atoms with E-state index in [-0.39, 0.29) is 11.5 Å². The van der Waals surface area contributed by atoms with Gasteiger partial charge in [0.25, 0.3) is 0 Å². The molecule has 0 radical (unpaired) electrons. The molecule has 1 amide bonds. The molecule has 7 nitrogen and oxygen atoms in total. The lowest BCUT2D eigenvalue weighted by atomic mass is 10.1. The van der Waals surface area contributed by atoms with Crippen LogP contribution in [0.5, 0.6) is 11.5 Å². The highest BCUT2D eigenvalue weighted by Gasteiger charge is 2.14. The fourth-order valence-electron chi connectivity index (χ4n) is 1.67. The standard InChI is InChI=1S/C12H11NO6S/c1-13-12(14)18-10-6-7-11(19-20(15,16)17)9-5-3-2-4-8(9)10/h2-7H,1H3,(H,13,14)(H,15,16,17). The average molecular weight is 297 g/mol. The molecule has 0 aromatic heterocycles. The number of benzene rings is 2. The number of ether oxygens (including phenoxy) is 1. The Balaban J connectivity index is 2.55. The monoisotopic (exact) mass is 297 g/mol. The van der Waals surface area contributed by atoms with Crippen LogP contribution in [0.2, 0.25) is 0 Å². The minimum absolute atomic E-state index is 0.0626. The van der Waals surface area contributed by atoms with Crippen molar-refractivity contribution in [3.05, 3.63) is 36.4 Å². The van der Waals surface area contributed by atoms with E-state index in [1.54, 1.807) is 24.3 Å². The molecule has 0 saturated heterocycles. The van der Waals surface area contributed by atoms with Gasteiger partial charge in [0.1, 0.15) is 5.75 Å². The van der Waals surface area contributed by atoms with Crippen LogP contribution in [-0.4, -0.2) is 26.1 Å². The molecule has 0 aliphatic carbocycles. The minimum atomic E-state index is -4.63. The topological polar surface area (TPSA) is 102 Å². The van der Waals surface area contributed by atoms with E-state index in [1.165, 1.54) is 19.2 Å². The number of carbonyl (C=O) groups excluding carboxylic acids is 1. The number of hydrogen-bond donors (Lipinski definition) is 2. The van der Waals surface area contributed by atoms with Crippen LogP contribution in [-0.2, 0) is 10.4 Å². The lowest BCUT2D eigenvalue weighted by Crippen LogP contribution is -2.22. The molecule has 0 unspecified atom stereocenters. The highest BCUT2D eigenvalue weighted by molar-refractivity contribution is 7.81. The number of carbonyl (C=O) groups is 1. The summed E-state index contributed by atoms with van der Waals surface area (Å²) in [5.41, 5.74) is 0. The molecule has 0 fully saturated rings. The Kier molecular flexibility index (Phi) is 3.77. The van der Waals surface area contributed by atoms with E-state index in [2.05, 4.69) is 9.50 Å². The molecule has 2 aromatic carbocycles. The van der Waals surface area contributed by atoms with Crippen molar-refractivity contribution in [3.63, 3.8) is 0 Å². The van der Waals surface area contributed by atoms with Gasteiger partial charge >= 0.3 is 16.5 Å². The van der Waals surface area contributed by atoms with E-state index < -0.39 is 16.5 Å². The second-order valence-corrected chi connectivity index (χ2v) is 4.78. The second-order valence-electron chi connectivity index (χ2n) is 3.76. The van der Waals surface area contributed by atoms with Crippen molar-refractivity contribution in [2.75, 3.05) is 7.05 Å². The van der Waals surface area contributed by atoms with E-state index in [9.17, 15) is 13.2 Å². The average Bonchev–Trinajstić information content (AvgIpc) is 2.40. The van der Waals surface area contributed by atoms with Crippen molar-refractivity contribution in [2.24, 2.45) is 0 Å².